The summed E-state index contributed by atoms with van der Waals surface area (Å²) in [5.41, 5.74) is 1.01. The number of carbonyl (C=O) groups excluding carboxylic acids is 2. The van der Waals surface area contributed by atoms with E-state index in [0.717, 1.165) is 19.6 Å². The molecule has 0 saturated carbocycles. The number of likely N-dealkylation sites (tertiary alicyclic amines) is 1. The standard InChI is InChI=1S/C30H38N2O7/c1-20(2)19-39-22-8-6-21(7-9-22)28(33)26-27(24-18-23(36-3)10-11-25(24)37-4)32(30(35)29(26)34)13-5-12-31-14-16-38-17-15-31/h6-11,18,20,27,33H,5,12-17,19H2,1-4H3/b28-26+. The summed E-state index contributed by atoms with van der Waals surface area (Å²) in [6, 6.07) is 11.3. The Morgan fingerprint density at radius 3 is 2.33 bits per heavy atom. The third kappa shape index (κ3) is 6.54. The van der Waals surface area contributed by atoms with Crippen LogP contribution in [0.1, 0.15) is 37.4 Å². The molecule has 210 valence electrons. The molecule has 2 aliphatic rings. The number of benzene rings is 2. The molecular formula is C30H38N2O7. The lowest BCUT2D eigenvalue weighted by Crippen LogP contribution is -2.39. The summed E-state index contributed by atoms with van der Waals surface area (Å²) in [5, 5.41) is 11.4. The fourth-order valence-corrected chi connectivity index (χ4v) is 4.90. The van der Waals surface area contributed by atoms with Gasteiger partial charge in [0.05, 0.1) is 45.7 Å². The zero-order chi connectivity index (χ0) is 27.9. The van der Waals surface area contributed by atoms with E-state index in [4.69, 9.17) is 18.9 Å². The summed E-state index contributed by atoms with van der Waals surface area (Å²) in [5.74, 6) is 0.457. The van der Waals surface area contributed by atoms with Crippen molar-refractivity contribution >= 4 is 17.4 Å². The Labute approximate surface area is 229 Å². The summed E-state index contributed by atoms with van der Waals surface area (Å²) < 4.78 is 22.2. The van der Waals surface area contributed by atoms with Crippen molar-refractivity contribution in [1.29, 1.82) is 0 Å². The number of ether oxygens (including phenoxy) is 4. The molecule has 0 radical (unpaired) electrons. The van der Waals surface area contributed by atoms with Gasteiger partial charge in [-0.25, -0.2) is 0 Å². The summed E-state index contributed by atoms with van der Waals surface area (Å²) >= 11 is 0. The number of Topliss-reactive ketones (excluding diaryl/α,β-unsaturated/α-hetero) is 1. The number of nitrogens with zero attached hydrogens (tertiary/aromatic N) is 2. The number of aliphatic hydroxyl groups is 1. The third-order valence-corrected chi connectivity index (χ3v) is 6.96. The number of morpholine rings is 1. The van der Waals surface area contributed by atoms with Crippen LogP contribution in [0.5, 0.6) is 17.2 Å². The maximum atomic E-state index is 13.4. The molecule has 2 fully saturated rings. The van der Waals surface area contributed by atoms with Gasteiger partial charge in [-0.1, -0.05) is 13.8 Å². The number of amides is 1. The topological polar surface area (TPSA) is 97.8 Å². The molecule has 1 unspecified atom stereocenters. The van der Waals surface area contributed by atoms with Crippen molar-refractivity contribution in [2.45, 2.75) is 26.3 Å². The highest BCUT2D eigenvalue weighted by Crippen LogP contribution is 2.44. The maximum absolute atomic E-state index is 13.4. The first kappa shape index (κ1) is 28.4. The number of ketones is 1. The van der Waals surface area contributed by atoms with Gasteiger partial charge in [0.1, 0.15) is 23.0 Å². The van der Waals surface area contributed by atoms with Crippen LogP contribution >= 0.6 is 0 Å². The Bertz CT molecular complexity index is 1190. The Morgan fingerprint density at radius 1 is 1.00 bits per heavy atom. The summed E-state index contributed by atoms with van der Waals surface area (Å²) in [7, 11) is 3.08. The Balaban J connectivity index is 1.70. The van der Waals surface area contributed by atoms with Crippen molar-refractivity contribution in [3.63, 3.8) is 0 Å². The lowest BCUT2D eigenvalue weighted by Gasteiger charge is -2.29. The molecule has 4 rings (SSSR count). The van der Waals surface area contributed by atoms with Gasteiger partial charge in [0, 0.05) is 37.3 Å². The van der Waals surface area contributed by atoms with E-state index in [0.29, 0.717) is 67.1 Å². The van der Waals surface area contributed by atoms with E-state index >= 15 is 0 Å². The predicted octanol–water partition coefficient (Wildman–Crippen LogP) is 3.88. The van der Waals surface area contributed by atoms with Crippen molar-refractivity contribution in [2.24, 2.45) is 5.92 Å². The van der Waals surface area contributed by atoms with Crippen molar-refractivity contribution in [1.82, 2.24) is 9.80 Å². The quantitative estimate of drug-likeness (QED) is 0.262. The minimum absolute atomic E-state index is 0.0220. The zero-order valence-corrected chi connectivity index (χ0v) is 23.1. The molecule has 2 saturated heterocycles. The van der Waals surface area contributed by atoms with E-state index < -0.39 is 17.7 Å². The normalized spacial score (nSPS) is 19.5. The number of aliphatic hydroxyl groups excluding tert-OH is 1. The van der Waals surface area contributed by atoms with Gasteiger partial charge in [0.15, 0.2) is 0 Å². The molecule has 2 aromatic rings. The molecule has 1 amide bonds. The van der Waals surface area contributed by atoms with E-state index in [1.54, 1.807) is 49.6 Å². The smallest absolute Gasteiger partial charge is 0.295 e. The SMILES string of the molecule is COc1ccc(OC)c(C2/C(=C(\O)c3ccc(OCC(C)C)cc3)C(=O)C(=O)N2CCCN2CCOCC2)c1. The molecule has 2 heterocycles. The van der Waals surface area contributed by atoms with Crippen molar-refractivity contribution in [3.05, 3.63) is 59.2 Å². The van der Waals surface area contributed by atoms with Crippen LogP contribution < -0.4 is 14.2 Å². The highest BCUT2D eigenvalue weighted by molar-refractivity contribution is 6.46. The molecule has 0 bridgehead atoms. The van der Waals surface area contributed by atoms with Crippen LogP contribution in [-0.4, -0.2) is 86.8 Å². The highest BCUT2D eigenvalue weighted by atomic mass is 16.5. The second-order valence-corrected chi connectivity index (χ2v) is 10.1. The monoisotopic (exact) mass is 538 g/mol. The molecule has 2 aromatic carbocycles. The van der Waals surface area contributed by atoms with Gasteiger partial charge in [-0.05, 0) is 54.8 Å². The van der Waals surface area contributed by atoms with Gasteiger partial charge >= 0.3 is 0 Å². The average Bonchev–Trinajstić information content (AvgIpc) is 3.21. The van der Waals surface area contributed by atoms with Crippen molar-refractivity contribution in [2.75, 3.05) is 60.2 Å². The lowest BCUT2D eigenvalue weighted by molar-refractivity contribution is -0.140. The Kier molecular flexibility index (Phi) is 9.48. The van der Waals surface area contributed by atoms with Crippen LogP contribution in [0.3, 0.4) is 0 Å². The molecule has 9 heteroatoms. The van der Waals surface area contributed by atoms with E-state index in [9.17, 15) is 14.7 Å². The largest absolute Gasteiger partial charge is 0.507 e. The number of methoxy groups -OCH3 is 2. The lowest BCUT2D eigenvalue weighted by atomic mass is 9.94. The number of hydrogen-bond donors (Lipinski definition) is 1. The number of rotatable bonds is 11. The van der Waals surface area contributed by atoms with Crippen molar-refractivity contribution < 1.29 is 33.6 Å². The van der Waals surface area contributed by atoms with E-state index in [1.807, 2.05) is 0 Å². The molecule has 0 aromatic heterocycles. The first-order valence-electron chi connectivity index (χ1n) is 13.4. The Hall–Kier alpha value is -3.56. The molecule has 1 atom stereocenters. The van der Waals surface area contributed by atoms with E-state index in [2.05, 4.69) is 18.7 Å². The van der Waals surface area contributed by atoms with Gasteiger partial charge in [0.25, 0.3) is 11.7 Å². The van der Waals surface area contributed by atoms with Crippen LogP contribution in [0.25, 0.3) is 5.76 Å². The summed E-state index contributed by atoms with van der Waals surface area (Å²) in [6.45, 7) is 8.85. The molecule has 0 spiro atoms. The Morgan fingerprint density at radius 2 is 1.69 bits per heavy atom. The number of hydrogen-bond acceptors (Lipinski definition) is 8. The second-order valence-electron chi connectivity index (χ2n) is 10.1. The van der Waals surface area contributed by atoms with E-state index in [1.165, 1.54) is 12.0 Å². The minimum Gasteiger partial charge on any atom is -0.507 e. The molecule has 9 nitrogen and oxygen atoms in total. The first-order valence-corrected chi connectivity index (χ1v) is 13.4. The van der Waals surface area contributed by atoms with Crippen LogP contribution in [0.15, 0.2) is 48.0 Å². The molecule has 2 aliphatic heterocycles. The molecule has 39 heavy (non-hydrogen) atoms. The van der Waals surface area contributed by atoms with Crippen LogP contribution in [0.2, 0.25) is 0 Å². The second kappa shape index (κ2) is 13.0. The van der Waals surface area contributed by atoms with Crippen molar-refractivity contribution in [3.8, 4) is 17.2 Å². The first-order chi connectivity index (χ1) is 18.8. The highest BCUT2D eigenvalue weighted by Gasteiger charge is 2.47. The van der Waals surface area contributed by atoms with Crippen LogP contribution in [-0.2, 0) is 14.3 Å². The molecular weight excluding hydrogens is 500 g/mol. The average molecular weight is 539 g/mol. The van der Waals surface area contributed by atoms with E-state index in [-0.39, 0.29) is 11.3 Å². The zero-order valence-electron chi connectivity index (χ0n) is 23.1. The molecule has 1 N–H and O–H groups in total. The van der Waals surface area contributed by atoms with Gasteiger partial charge in [-0.2, -0.15) is 0 Å². The van der Waals surface area contributed by atoms with Gasteiger partial charge in [-0.15, -0.1) is 0 Å². The van der Waals surface area contributed by atoms with Gasteiger partial charge < -0.3 is 29.0 Å². The minimum atomic E-state index is -0.836. The van der Waals surface area contributed by atoms with Crippen LogP contribution in [0, 0.1) is 5.92 Å². The molecule has 0 aliphatic carbocycles. The summed E-state index contributed by atoms with van der Waals surface area (Å²) in [4.78, 5) is 30.6. The predicted molar refractivity (Wildman–Crippen MR) is 147 cm³/mol. The number of carbonyl (C=O) groups is 2. The summed E-state index contributed by atoms with van der Waals surface area (Å²) in [6.07, 6.45) is 0.664. The fourth-order valence-electron chi connectivity index (χ4n) is 4.90. The fraction of sp³-hybridized carbons (Fsp3) is 0.467. The van der Waals surface area contributed by atoms with Crippen LogP contribution in [0.4, 0.5) is 0 Å². The maximum Gasteiger partial charge on any atom is 0.295 e. The van der Waals surface area contributed by atoms with Gasteiger partial charge in [-0.3, -0.25) is 14.5 Å². The van der Waals surface area contributed by atoms with Gasteiger partial charge in [0.2, 0.25) is 0 Å². The third-order valence-electron chi connectivity index (χ3n) is 6.96.